The van der Waals surface area contributed by atoms with Crippen molar-refractivity contribution in [1.82, 2.24) is 5.32 Å². The van der Waals surface area contributed by atoms with E-state index in [1.54, 1.807) is 0 Å². The third-order valence-electron chi connectivity index (χ3n) is 6.62. The second-order valence-electron chi connectivity index (χ2n) is 9.19. The highest BCUT2D eigenvalue weighted by Crippen LogP contribution is 2.41. The van der Waals surface area contributed by atoms with Gasteiger partial charge >= 0.3 is 6.18 Å². The number of nitrogens with one attached hydrogen (secondary N) is 1. The first-order chi connectivity index (χ1) is 17.7. The Morgan fingerprint density at radius 1 is 0.946 bits per heavy atom. The molecule has 0 saturated carbocycles. The van der Waals surface area contributed by atoms with Crippen LogP contribution in [0.25, 0.3) is 10.8 Å². The van der Waals surface area contributed by atoms with Crippen LogP contribution in [0.5, 0.6) is 5.75 Å². The van der Waals surface area contributed by atoms with Crippen molar-refractivity contribution in [3.05, 3.63) is 102 Å². The van der Waals surface area contributed by atoms with Crippen LogP contribution in [-0.4, -0.2) is 19.2 Å². The largest absolute Gasteiger partial charge is 0.486 e. The molecule has 5 rings (SSSR count). The topological polar surface area (TPSA) is 24.5 Å². The van der Waals surface area contributed by atoms with E-state index in [0.29, 0.717) is 24.8 Å². The Kier molecular flexibility index (Phi) is 6.77. The molecule has 0 amide bonds. The monoisotopic (exact) mass is 512 g/mol. The molecular weight excluding hydrogens is 487 g/mol. The number of halogens is 5. The Labute approximate surface area is 211 Å². The van der Waals surface area contributed by atoms with E-state index in [2.05, 4.69) is 36.5 Å². The summed E-state index contributed by atoms with van der Waals surface area (Å²) in [4.78, 5) is 1.49. The van der Waals surface area contributed by atoms with Gasteiger partial charge in [-0.1, -0.05) is 42.5 Å². The molecule has 0 fully saturated rings. The zero-order valence-electron chi connectivity index (χ0n) is 20.0. The molecule has 1 aliphatic heterocycles. The number of hydrogen-bond acceptors (Lipinski definition) is 3. The average molecular weight is 513 g/mol. The van der Waals surface area contributed by atoms with Crippen molar-refractivity contribution < 1.29 is 26.7 Å². The molecule has 4 aromatic rings. The van der Waals surface area contributed by atoms with Gasteiger partial charge in [-0.25, -0.2) is 8.78 Å². The lowest BCUT2D eigenvalue weighted by atomic mass is 9.99. The maximum Gasteiger partial charge on any atom is 0.416 e. The summed E-state index contributed by atoms with van der Waals surface area (Å²) in [6.45, 7) is 2.78. The standard InChI is InChI=1S/C29H25F5N2O/c1-18(25-8-4-6-19-5-2-3-7-26(19)25)35-12-11-24-17-36(27-16-21(30)9-10-28(27)37-24)23-14-20(29(32,33)34)13-22(31)15-23/h2-10,13-16,18,24,35H,11-12,17H2,1H3. The Morgan fingerprint density at radius 2 is 1.73 bits per heavy atom. The van der Waals surface area contributed by atoms with Crippen molar-refractivity contribution in [2.75, 3.05) is 18.0 Å². The molecule has 0 aromatic heterocycles. The van der Waals surface area contributed by atoms with Crippen LogP contribution in [-0.2, 0) is 6.18 Å². The average Bonchev–Trinajstić information content (AvgIpc) is 2.87. The number of rotatable bonds is 6. The first-order valence-electron chi connectivity index (χ1n) is 12.0. The Morgan fingerprint density at radius 3 is 2.54 bits per heavy atom. The number of alkyl halides is 3. The Balaban J connectivity index is 1.35. The smallest absolute Gasteiger partial charge is 0.416 e. The predicted octanol–water partition coefficient (Wildman–Crippen LogP) is 7.78. The summed E-state index contributed by atoms with van der Waals surface area (Å²) in [5.41, 5.74) is 0.301. The molecule has 1 aliphatic rings. The van der Waals surface area contributed by atoms with Crippen molar-refractivity contribution in [3.63, 3.8) is 0 Å². The molecule has 37 heavy (non-hydrogen) atoms. The lowest BCUT2D eigenvalue weighted by molar-refractivity contribution is -0.137. The number of nitrogens with zero attached hydrogens (tertiary/aromatic N) is 1. The van der Waals surface area contributed by atoms with Crippen LogP contribution in [0, 0.1) is 11.6 Å². The second-order valence-corrected chi connectivity index (χ2v) is 9.19. The van der Waals surface area contributed by atoms with Gasteiger partial charge in [-0.2, -0.15) is 13.2 Å². The van der Waals surface area contributed by atoms with E-state index >= 15 is 0 Å². The summed E-state index contributed by atoms with van der Waals surface area (Å²) in [6.07, 6.45) is -4.60. The zero-order chi connectivity index (χ0) is 26.2. The second kappa shape index (κ2) is 10.0. The molecule has 0 bridgehead atoms. The summed E-state index contributed by atoms with van der Waals surface area (Å²) in [5, 5.41) is 5.81. The van der Waals surface area contributed by atoms with Crippen LogP contribution in [0.15, 0.2) is 78.9 Å². The number of anilines is 2. The van der Waals surface area contributed by atoms with E-state index in [-0.39, 0.29) is 24.0 Å². The number of ether oxygens (including phenoxy) is 1. The summed E-state index contributed by atoms with van der Waals surface area (Å²) in [6, 6.07) is 20.5. The van der Waals surface area contributed by atoms with E-state index in [1.807, 2.05) is 18.2 Å². The minimum atomic E-state index is -4.71. The Hall–Kier alpha value is -3.65. The van der Waals surface area contributed by atoms with E-state index in [1.165, 1.54) is 23.1 Å². The quantitative estimate of drug-likeness (QED) is 0.267. The van der Waals surface area contributed by atoms with Gasteiger partial charge in [0.1, 0.15) is 23.5 Å². The lowest BCUT2D eigenvalue weighted by Crippen LogP contribution is -2.39. The SMILES string of the molecule is CC(NCCC1CN(c2cc(F)cc(C(F)(F)F)c2)c2cc(F)ccc2O1)c1cccc2ccccc12. The number of hydrogen-bond donors (Lipinski definition) is 1. The third kappa shape index (κ3) is 5.39. The van der Waals surface area contributed by atoms with E-state index < -0.39 is 29.5 Å². The molecule has 0 aliphatic carbocycles. The first-order valence-corrected chi connectivity index (χ1v) is 12.0. The highest BCUT2D eigenvalue weighted by Gasteiger charge is 2.33. The van der Waals surface area contributed by atoms with Crippen LogP contribution in [0.3, 0.4) is 0 Å². The van der Waals surface area contributed by atoms with Crippen LogP contribution in [0.1, 0.15) is 30.5 Å². The van der Waals surface area contributed by atoms with Gasteiger partial charge in [0.25, 0.3) is 0 Å². The fraction of sp³-hybridized carbons (Fsp3) is 0.241. The molecule has 4 aromatic carbocycles. The molecule has 2 atom stereocenters. The predicted molar refractivity (Wildman–Crippen MR) is 134 cm³/mol. The van der Waals surface area contributed by atoms with Gasteiger partial charge in [0.05, 0.1) is 17.8 Å². The van der Waals surface area contributed by atoms with Gasteiger partial charge in [-0.15, -0.1) is 0 Å². The van der Waals surface area contributed by atoms with Crippen molar-refractivity contribution in [1.29, 1.82) is 0 Å². The van der Waals surface area contributed by atoms with Gasteiger partial charge in [0, 0.05) is 17.8 Å². The lowest BCUT2D eigenvalue weighted by Gasteiger charge is -2.37. The van der Waals surface area contributed by atoms with Crippen molar-refractivity contribution in [2.45, 2.75) is 31.7 Å². The van der Waals surface area contributed by atoms with Crippen LogP contribution in [0.4, 0.5) is 33.3 Å². The molecule has 192 valence electrons. The maximum absolute atomic E-state index is 14.2. The minimum Gasteiger partial charge on any atom is -0.486 e. The molecule has 3 nitrogen and oxygen atoms in total. The first kappa shape index (κ1) is 25.0. The normalized spacial score (nSPS) is 16.4. The highest BCUT2D eigenvalue weighted by molar-refractivity contribution is 5.86. The molecule has 0 radical (unpaired) electrons. The summed E-state index contributed by atoms with van der Waals surface area (Å²) >= 11 is 0. The van der Waals surface area contributed by atoms with Gasteiger partial charge in [0.15, 0.2) is 0 Å². The fourth-order valence-electron chi connectivity index (χ4n) is 4.81. The van der Waals surface area contributed by atoms with E-state index in [4.69, 9.17) is 4.74 Å². The molecule has 1 heterocycles. The van der Waals surface area contributed by atoms with Crippen molar-refractivity contribution >= 4 is 22.1 Å². The highest BCUT2D eigenvalue weighted by atomic mass is 19.4. The van der Waals surface area contributed by atoms with E-state index in [0.717, 1.165) is 28.5 Å². The van der Waals surface area contributed by atoms with Crippen LogP contribution >= 0.6 is 0 Å². The molecule has 0 saturated heterocycles. The van der Waals surface area contributed by atoms with Gasteiger partial charge < -0.3 is 15.0 Å². The minimum absolute atomic E-state index is 0.00967. The van der Waals surface area contributed by atoms with Crippen molar-refractivity contribution in [2.24, 2.45) is 0 Å². The molecule has 0 spiro atoms. The third-order valence-corrected chi connectivity index (χ3v) is 6.62. The maximum atomic E-state index is 14.2. The van der Waals surface area contributed by atoms with Crippen LogP contribution < -0.4 is 15.0 Å². The summed E-state index contributed by atoms with van der Waals surface area (Å²) in [5.74, 6) is -1.25. The summed E-state index contributed by atoms with van der Waals surface area (Å²) in [7, 11) is 0. The van der Waals surface area contributed by atoms with Gasteiger partial charge in [0.2, 0.25) is 0 Å². The number of benzene rings is 4. The fourth-order valence-corrected chi connectivity index (χ4v) is 4.81. The zero-order valence-corrected chi connectivity index (χ0v) is 20.0. The molecule has 1 N–H and O–H groups in total. The summed E-state index contributed by atoms with van der Waals surface area (Å²) < 4.78 is 74.4. The van der Waals surface area contributed by atoms with Gasteiger partial charge in [-0.05, 0) is 66.6 Å². The van der Waals surface area contributed by atoms with Crippen LogP contribution in [0.2, 0.25) is 0 Å². The number of fused-ring (bicyclic) bond motifs is 2. The van der Waals surface area contributed by atoms with E-state index in [9.17, 15) is 22.0 Å². The van der Waals surface area contributed by atoms with Crippen molar-refractivity contribution in [3.8, 4) is 5.75 Å². The molecule has 8 heteroatoms. The van der Waals surface area contributed by atoms with Gasteiger partial charge in [-0.3, -0.25) is 0 Å². The molecular formula is C29H25F5N2O. The molecule has 2 unspecified atom stereocenters. The Bertz CT molecular complexity index is 1420.